The summed E-state index contributed by atoms with van der Waals surface area (Å²) in [5, 5.41) is 4.75. The van der Waals surface area contributed by atoms with E-state index >= 15 is 4.39 Å². The van der Waals surface area contributed by atoms with E-state index in [2.05, 4.69) is 15.6 Å². The standard InChI is InChI=1S/C19H20F2N4O5S/c1-11(26)23-16-5-2-12(10-22-16)24-19(27)17-14(20)3-4-15(18(17)21)25(31(28)29)13-6-8-30-9-7-13/h2-5,10,13,31H,6-9H2,1H3,(H,24,27)(H,22,23,26). The van der Waals surface area contributed by atoms with Crippen molar-refractivity contribution in [2.45, 2.75) is 25.8 Å². The molecule has 2 aromatic rings. The van der Waals surface area contributed by atoms with E-state index in [1.807, 2.05) is 0 Å². The Morgan fingerprint density at radius 3 is 2.42 bits per heavy atom. The number of aromatic nitrogens is 1. The van der Waals surface area contributed by atoms with Gasteiger partial charge < -0.3 is 15.4 Å². The number of ether oxygens (including phenoxy) is 1. The summed E-state index contributed by atoms with van der Waals surface area (Å²) in [4.78, 5) is 27.5. The second-order valence-corrected chi connectivity index (χ2v) is 7.66. The molecule has 166 valence electrons. The third-order valence-corrected chi connectivity index (χ3v) is 5.48. The van der Waals surface area contributed by atoms with Crippen LogP contribution in [0.3, 0.4) is 0 Å². The first-order valence-corrected chi connectivity index (χ1v) is 10.4. The van der Waals surface area contributed by atoms with Crippen molar-refractivity contribution < 1.29 is 31.5 Å². The molecule has 0 atom stereocenters. The number of amides is 2. The summed E-state index contributed by atoms with van der Waals surface area (Å²) >= 11 is 0. The molecule has 1 aliphatic rings. The van der Waals surface area contributed by atoms with E-state index in [9.17, 15) is 22.4 Å². The minimum atomic E-state index is -3.24. The van der Waals surface area contributed by atoms with Gasteiger partial charge in [0, 0.05) is 26.2 Å². The molecule has 0 unspecified atom stereocenters. The number of nitrogens with one attached hydrogen (secondary N) is 2. The third kappa shape index (κ3) is 5.33. The van der Waals surface area contributed by atoms with Crippen LogP contribution in [0.25, 0.3) is 0 Å². The van der Waals surface area contributed by atoms with E-state index in [-0.39, 0.29) is 17.4 Å². The van der Waals surface area contributed by atoms with Gasteiger partial charge in [-0.25, -0.2) is 22.2 Å². The Kier molecular flexibility index (Phi) is 7.13. The monoisotopic (exact) mass is 454 g/mol. The smallest absolute Gasteiger partial charge is 0.261 e. The van der Waals surface area contributed by atoms with Crippen LogP contribution in [0.1, 0.15) is 30.1 Å². The zero-order valence-electron chi connectivity index (χ0n) is 16.4. The van der Waals surface area contributed by atoms with Crippen LogP contribution in [0.4, 0.5) is 26.0 Å². The van der Waals surface area contributed by atoms with Gasteiger partial charge in [0.15, 0.2) is 5.82 Å². The third-order valence-electron chi connectivity index (χ3n) is 4.58. The fourth-order valence-corrected chi connectivity index (χ4v) is 4.02. The number of anilines is 3. The summed E-state index contributed by atoms with van der Waals surface area (Å²) < 4.78 is 59.2. The summed E-state index contributed by atoms with van der Waals surface area (Å²) in [5.74, 6) is -3.65. The van der Waals surface area contributed by atoms with E-state index in [1.54, 1.807) is 0 Å². The van der Waals surface area contributed by atoms with Crippen LogP contribution in [0.5, 0.6) is 0 Å². The number of halogens is 2. The van der Waals surface area contributed by atoms with Gasteiger partial charge in [-0.05, 0) is 37.1 Å². The molecule has 0 bridgehead atoms. The summed E-state index contributed by atoms with van der Waals surface area (Å²) in [6, 6.07) is 4.06. The predicted octanol–water partition coefficient (Wildman–Crippen LogP) is 2.08. The number of thiol groups is 1. The Morgan fingerprint density at radius 1 is 1.13 bits per heavy atom. The average Bonchev–Trinajstić information content (AvgIpc) is 2.71. The fraction of sp³-hybridized carbons (Fsp3) is 0.316. The maximum atomic E-state index is 15.2. The van der Waals surface area contributed by atoms with E-state index in [0.29, 0.717) is 26.1 Å². The minimum Gasteiger partial charge on any atom is -0.381 e. The molecule has 0 saturated carbocycles. The summed E-state index contributed by atoms with van der Waals surface area (Å²) in [6.07, 6.45) is 1.88. The highest BCUT2D eigenvalue weighted by Gasteiger charge is 2.30. The maximum Gasteiger partial charge on any atom is 0.261 e. The lowest BCUT2D eigenvalue weighted by Gasteiger charge is -2.31. The zero-order valence-corrected chi connectivity index (χ0v) is 17.3. The number of benzene rings is 1. The Morgan fingerprint density at radius 2 is 1.84 bits per heavy atom. The van der Waals surface area contributed by atoms with Crippen molar-refractivity contribution in [1.29, 1.82) is 0 Å². The van der Waals surface area contributed by atoms with Gasteiger partial charge >= 0.3 is 0 Å². The number of carbonyl (C=O) groups is 2. The molecule has 2 N–H and O–H groups in total. The molecule has 1 saturated heterocycles. The lowest BCUT2D eigenvalue weighted by atomic mass is 10.1. The van der Waals surface area contributed by atoms with Crippen molar-refractivity contribution >= 4 is 39.9 Å². The minimum absolute atomic E-state index is 0.125. The Hall–Kier alpha value is -3.12. The first-order chi connectivity index (χ1) is 14.8. The summed E-state index contributed by atoms with van der Waals surface area (Å²) in [7, 11) is -3.24. The van der Waals surface area contributed by atoms with Crippen molar-refractivity contribution in [2.24, 2.45) is 0 Å². The molecule has 2 heterocycles. The summed E-state index contributed by atoms with van der Waals surface area (Å²) in [5.41, 5.74) is -1.20. The SMILES string of the molecule is CC(=O)Nc1ccc(NC(=O)c2c(F)ccc(N(C3CCOCC3)[SH](=O)=O)c2F)cn1. The van der Waals surface area contributed by atoms with Crippen LogP contribution < -0.4 is 14.9 Å². The molecule has 0 spiro atoms. The zero-order chi connectivity index (χ0) is 22.5. The van der Waals surface area contributed by atoms with E-state index < -0.39 is 45.7 Å². The van der Waals surface area contributed by atoms with E-state index in [1.165, 1.54) is 25.3 Å². The number of pyridine rings is 1. The quantitative estimate of drug-likeness (QED) is 0.576. The lowest BCUT2D eigenvalue weighted by molar-refractivity contribution is -0.114. The van der Waals surface area contributed by atoms with Gasteiger partial charge in [0.05, 0.1) is 17.6 Å². The molecule has 12 heteroatoms. The molecule has 1 fully saturated rings. The molecular formula is C19H20F2N4O5S. The predicted molar refractivity (Wildman–Crippen MR) is 109 cm³/mol. The molecule has 9 nitrogen and oxygen atoms in total. The van der Waals surface area contributed by atoms with Crippen LogP contribution in [-0.2, 0) is 20.4 Å². The average molecular weight is 454 g/mol. The molecule has 1 aliphatic heterocycles. The highest BCUT2D eigenvalue weighted by atomic mass is 32.2. The number of hydrogen-bond donors (Lipinski definition) is 3. The maximum absolute atomic E-state index is 15.2. The van der Waals surface area contributed by atoms with Gasteiger partial charge in [0.25, 0.3) is 5.91 Å². The van der Waals surface area contributed by atoms with Crippen LogP contribution in [0, 0.1) is 11.6 Å². The van der Waals surface area contributed by atoms with Gasteiger partial charge in [0.2, 0.25) is 16.8 Å². The lowest BCUT2D eigenvalue weighted by Crippen LogP contribution is -2.39. The van der Waals surface area contributed by atoms with Crippen molar-refractivity contribution in [3.63, 3.8) is 0 Å². The largest absolute Gasteiger partial charge is 0.381 e. The second kappa shape index (κ2) is 9.79. The topological polar surface area (TPSA) is 118 Å². The van der Waals surface area contributed by atoms with E-state index in [4.69, 9.17) is 4.74 Å². The normalized spacial score (nSPS) is 14.3. The van der Waals surface area contributed by atoms with E-state index in [0.717, 1.165) is 16.4 Å². The Bertz CT molecular complexity index is 1050. The van der Waals surface area contributed by atoms with Gasteiger partial charge in [0.1, 0.15) is 17.2 Å². The number of carbonyl (C=O) groups excluding carboxylic acids is 2. The first-order valence-electron chi connectivity index (χ1n) is 9.32. The fourth-order valence-electron chi connectivity index (χ4n) is 3.19. The molecule has 3 rings (SSSR count). The van der Waals surface area contributed by atoms with Gasteiger partial charge in [-0.3, -0.25) is 13.9 Å². The highest BCUT2D eigenvalue weighted by molar-refractivity contribution is 7.74. The Balaban J connectivity index is 1.88. The van der Waals surface area contributed by atoms with Crippen LogP contribution in [0.15, 0.2) is 30.5 Å². The first kappa shape index (κ1) is 22.6. The van der Waals surface area contributed by atoms with Crippen molar-refractivity contribution in [3.8, 4) is 0 Å². The van der Waals surface area contributed by atoms with Crippen molar-refractivity contribution in [2.75, 3.05) is 28.2 Å². The number of rotatable bonds is 6. The van der Waals surface area contributed by atoms with Gasteiger partial charge in [-0.1, -0.05) is 0 Å². The number of nitrogens with zero attached hydrogens (tertiary/aromatic N) is 2. The highest BCUT2D eigenvalue weighted by Crippen LogP contribution is 2.29. The molecule has 1 aromatic carbocycles. The van der Waals surface area contributed by atoms with Gasteiger partial charge in [-0.15, -0.1) is 0 Å². The molecule has 1 aromatic heterocycles. The molecule has 2 amide bonds. The Labute approximate surface area is 178 Å². The van der Waals surface area contributed by atoms with Gasteiger partial charge in [-0.2, -0.15) is 0 Å². The van der Waals surface area contributed by atoms with Crippen LogP contribution in [0.2, 0.25) is 0 Å². The van der Waals surface area contributed by atoms with Crippen LogP contribution >= 0.6 is 0 Å². The number of hydrogen-bond acceptors (Lipinski definition) is 6. The molecule has 0 aliphatic carbocycles. The second-order valence-electron chi connectivity index (χ2n) is 6.75. The summed E-state index contributed by atoms with van der Waals surface area (Å²) in [6.45, 7) is 1.92. The van der Waals surface area contributed by atoms with Crippen molar-refractivity contribution in [1.82, 2.24) is 4.98 Å². The van der Waals surface area contributed by atoms with Crippen molar-refractivity contribution in [3.05, 3.63) is 47.7 Å². The molecular weight excluding hydrogens is 434 g/mol. The van der Waals surface area contributed by atoms with Crippen LogP contribution in [-0.4, -0.2) is 44.5 Å². The molecule has 0 radical (unpaired) electrons. The molecule has 31 heavy (non-hydrogen) atoms.